The van der Waals surface area contributed by atoms with Crippen LogP contribution in [0, 0.1) is 3.57 Å². The molecule has 1 aliphatic carbocycles. The van der Waals surface area contributed by atoms with E-state index in [9.17, 15) is 4.79 Å². The second kappa shape index (κ2) is 6.58. The van der Waals surface area contributed by atoms with Crippen LogP contribution in [0.3, 0.4) is 0 Å². The van der Waals surface area contributed by atoms with Crippen LogP contribution >= 0.6 is 22.6 Å². The Bertz CT molecular complexity index is 494. The molecule has 94 valence electrons. The molecule has 0 saturated heterocycles. The predicted molar refractivity (Wildman–Crippen MR) is 80.8 cm³/mol. The number of hydrazine groups is 1. The summed E-state index contributed by atoms with van der Waals surface area (Å²) in [6.07, 6.45) is 9.32. The van der Waals surface area contributed by atoms with E-state index in [4.69, 9.17) is 0 Å². The van der Waals surface area contributed by atoms with Crippen molar-refractivity contribution in [3.8, 4) is 0 Å². The Morgan fingerprint density at radius 3 is 2.94 bits per heavy atom. The van der Waals surface area contributed by atoms with Crippen LogP contribution in [-0.2, 0) is 0 Å². The minimum absolute atomic E-state index is 0.114. The molecule has 18 heavy (non-hydrogen) atoms. The molecule has 3 nitrogen and oxygen atoms in total. The summed E-state index contributed by atoms with van der Waals surface area (Å²) in [4.78, 5) is 11.8. The quantitative estimate of drug-likeness (QED) is 0.498. The first-order valence-corrected chi connectivity index (χ1v) is 6.98. The summed E-state index contributed by atoms with van der Waals surface area (Å²) in [5.74, 6) is -0.114. The minimum Gasteiger partial charge on any atom is -0.306 e. The third-order valence-electron chi connectivity index (χ3n) is 2.73. The lowest BCUT2D eigenvalue weighted by Gasteiger charge is -2.10. The normalized spacial score (nSPS) is 16.6. The fourth-order valence-electron chi connectivity index (χ4n) is 1.76. The predicted octanol–water partition coefficient (Wildman–Crippen LogP) is 3.15. The van der Waals surface area contributed by atoms with Crippen LogP contribution in [0.15, 0.2) is 48.2 Å². The van der Waals surface area contributed by atoms with E-state index in [-0.39, 0.29) is 5.91 Å². The summed E-state index contributed by atoms with van der Waals surface area (Å²) in [6.45, 7) is 0. The van der Waals surface area contributed by atoms with Gasteiger partial charge < -0.3 is 5.43 Å². The number of halogens is 1. The number of hydrogen-bond donors (Lipinski definition) is 2. The smallest absolute Gasteiger partial charge is 0.269 e. The monoisotopic (exact) mass is 354 g/mol. The van der Waals surface area contributed by atoms with E-state index in [1.54, 1.807) is 6.07 Å². The van der Waals surface area contributed by atoms with Crippen molar-refractivity contribution >= 4 is 28.5 Å². The highest BCUT2D eigenvalue weighted by molar-refractivity contribution is 14.1. The van der Waals surface area contributed by atoms with Crippen molar-refractivity contribution in [2.24, 2.45) is 0 Å². The zero-order valence-electron chi connectivity index (χ0n) is 9.95. The number of nitrogens with one attached hydrogen (secondary N) is 2. The number of allylic oxidation sites excluding steroid dienone is 3. The van der Waals surface area contributed by atoms with Gasteiger partial charge in [0.2, 0.25) is 0 Å². The summed E-state index contributed by atoms with van der Waals surface area (Å²) < 4.78 is 1.05. The van der Waals surface area contributed by atoms with Gasteiger partial charge >= 0.3 is 0 Å². The fraction of sp³-hybridized carbons (Fsp3) is 0.214. The molecule has 0 spiro atoms. The van der Waals surface area contributed by atoms with Crippen LogP contribution in [0.1, 0.15) is 29.6 Å². The largest absolute Gasteiger partial charge is 0.306 e. The lowest BCUT2D eigenvalue weighted by molar-refractivity contribution is 0.0941. The molecular formula is C14H15IN2O. The van der Waals surface area contributed by atoms with Gasteiger partial charge in [-0.15, -0.1) is 0 Å². The van der Waals surface area contributed by atoms with E-state index in [1.165, 1.54) is 5.57 Å². The van der Waals surface area contributed by atoms with Gasteiger partial charge in [-0.1, -0.05) is 18.2 Å². The number of rotatable bonds is 3. The third-order valence-corrected chi connectivity index (χ3v) is 3.40. The van der Waals surface area contributed by atoms with Gasteiger partial charge in [0.05, 0.1) is 0 Å². The summed E-state index contributed by atoms with van der Waals surface area (Å²) in [6, 6.07) is 7.49. The van der Waals surface area contributed by atoms with Crippen molar-refractivity contribution in [2.45, 2.75) is 19.3 Å². The van der Waals surface area contributed by atoms with E-state index in [0.717, 1.165) is 22.8 Å². The Hall–Kier alpha value is -1.30. The molecular weight excluding hydrogens is 339 g/mol. The number of carbonyl (C=O) groups excluding carboxylic acids is 1. The van der Waals surface area contributed by atoms with Crippen LogP contribution in [-0.4, -0.2) is 5.91 Å². The molecule has 0 radical (unpaired) electrons. The van der Waals surface area contributed by atoms with Crippen molar-refractivity contribution in [3.05, 3.63) is 57.3 Å². The molecule has 4 heteroatoms. The van der Waals surface area contributed by atoms with Gasteiger partial charge in [0.1, 0.15) is 0 Å². The first-order chi connectivity index (χ1) is 8.75. The summed E-state index contributed by atoms with van der Waals surface area (Å²) >= 11 is 2.19. The van der Waals surface area contributed by atoms with Gasteiger partial charge in [0.25, 0.3) is 5.91 Å². The van der Waals surface area contributed by atoms with Crippen molar-refractivity contribution in [1.29, 1.82) is 0 Å². The van der Waals surface area contributed by atoms with Gasteiger partial charge in [-0.3, -0.25) is 10.2 Å². The molecule has 0 aliphatic heterocycles. The lowest BCUT2D eigenvalue weighted by Crippen LogP contribution is -2.33. The SMILES string of the molecule is O=C(NN/C=C1\CC=CCC1)c1cccc(I)c1. The maximum absolute atomic E-state index is 11.8. The van der Waals surface area contributed by atoms with Crippen molar-refractivity contribution < 1.29 is 4.79 Å². The molecule has 1 aromatic rings. The Morgan fingerprint density at radius 1 is 1.33 bits per heavy atom. The first kappa shape index (κ1) is 13.1. The topological polar surface area (TPSA) is 41.1 Å². The average Bonchev–Trinajstić information content (AvgIpc) is 2.40. The Balaban J connectivity index is 1.87. The van der Waals surface area contributed by atoms with Gasteiger partial charge in [0, 0.05) is 15.3 Å². The maximum Gasteiger partial charge on any atom is 0.269 e. The average molecular weight is 354 g/mol. The number of amides is 1. The van der Waals surface area contributed by atoms with Crippen molar-refractivity contribution in [2.75, 3.05) is 0 Å². The van der Waals surface area contributed by atoms with E-state index in [1.807, 2.05) is 24.4 Å². The van der Waals surface area contributed by atoms with Gasteiger partial charge in [0.15, 0.2) is 0 Å². The Labute approximate surface area is 120 Å². The Kier molecular flexibility index (Phi) is 4.81. The molecule has 0 saturated carbocycles. The molecule has 0 bridgehead atoms. The molecule has 0 heterocycles. The number of carbonyl (C=O) groups is 1. The molecule has 1 aromatic carbocycles. The maximum atomic E-state index is 11.8. The molecule has 1 amide bonds. The molecule has 0 aromatic heterocycles. The van der Waals surface area contributed by atoms with Crippen LogP contribution in [0.4, 0.5) is 0 Å². The molecule has 0 unspecified atom stereocenters. The van der Waals surface area contributed by atoms with E-state index in [2.05, 4.69) is 45.6 Å². The van der Waals surface area contributed by atoms with Crippen LogP contribution < -0.4 is 10.9 Å². The summed E-state index contributed by atoms with van der Waals surface area (Å²) in [5.41, 5.74) is 7.52. The molecule has 2 rings (SSSR count). The minimum atomic E-state index is -0.114. The fourth-order valence-corrected chi connectivity index (χ4v) is 2.30. The van der Waals surface area contributed by atoms with Gasteiger partial charge in [-0.05, 0) is 65.6 Å². The van der Waals surface area contributed by atoms with Crippen molar-refractivity contribution in [1.82, 2.24) is 10.9 Å². The highest BCUT2D eigenvalue weighted by atomic mass is 127. The number of benzene rings is 1. The molecule has 0 atom stereocenters. The van der Waals surface area contributed by atoms with E-state index < -0.39 is 0 Å². The highest BCUT2D eigenvalue weighted by Gasteiger charge is 2.04. The highest BCUT2D eigenvalue weighted by Crippen LogP contribution is 2.15. The van der Waals surface area contributed by atoms with Crippen molar-refractivity contribution in [3.63, 3.8) is 0 Å². The van der Waals surface area contributed by atoms with Crippen LogP contribution in [0.2, 0.25) is 0 Å². The van der Waals surface area contributed by atoms with Gasteiger partial charge in [-0.25, -0.2) is 0 Å². The third kappa shape index (κ3) is 3.87. The summed E-state index contributed by atoms with van der Waals surface area (Å²) in [5, 5.41) is 0. The van der Waals surface area contributed by atoms with E-state index >= 15 is 0 Å². The lowest BCUT2D eigenvalue weighted by atomic mass is 10.0. The first-order valence-electron chi connectivity index (χ1n) is 5.90. The standard InChI is InChI=1S/C14H15IN2O/c15-13-8-4-7-12(9-13)14(18)17-16-10-11-5-2-1-3-6-11/h1-2,4,7-10,16H,3,5-6H2,(H,17,18)/b11-10+. The van der Waals surface area contributed by atoms with Gasteiger partial charge in [-0.2, -0.15) is 0 Å². The second-order valence-electron chi connectivity index (χ2n) is 4.13. The van der Waals surface area contributed by atoms with Crippen LogP contribution in [0.5, 0.6) is 0 Å². The van der Waals surface area contributed by atoms with E-state index in [0.29, 0.717) is 5.56 Å². The zero-order valence-corrected chi connectivity index (χ0v) is 12.1. The Morgan fingerprint density at radius 2 is 2.22 bits per heavy atom. The molecule has 1 aliphatic rings. The summed E-state index contributed by atoms with van der Waals surface area (Å²) in [7, 11) is 0. The number of hydrogen-bond acceptors (Lipinski definition) is 2. The molecule has 2 N–H and O–H groups in total. The second-order valence-corrected chi connectivity index (χ2v) is 5.37. The zero-order chi connectivity index (χ0) is 12.8. The van der Waals surface area contributed by atoms with Crippen LogP contribution in [0.25, 0.3) is 0 Å². The molecule has 0 fully saturated rings.